The van der Waals surface area contributed by atoms with E-state index in [1.807, 2.05) is 39.0 Å². The fourth-order valence-electron chi connectivity index (χ4n) is 3.54. The molecule has 2 aromatic heterocycles. The molecular weight excluding hydrogens is 408 g/mol. The molecule has 0 saturated carbocycles. The zero-order valence-electron chi connectivity index (χ0n) is 15.8. The van der Waals surface area contributed by atoms with Gasteiger partial charge in [0, 0.05) is 28.9 Å². The third-order valence-electron chi connectivity index (χ3n) is 4.76. The second-order valence-electron chi connectivity index (χ2n) is 8.07. The third kappa shape index (κ3) is 3.78. The molecule has 1 N–H and O–H groups in total. The monoisotopic (exact) mass is 430 g/mol. The summed E-state index contributed by atoms with van der Waals surface area (Å²) in [5, 5.41) is 1.05. The summed E-state index contributed by atoms with van der Waals surface area (Å²) in [4.78, 5) is 27.0. The number of benzene rings is 1. The predicted molar refractivity (Wildman–Crippen MR) is 109 cm³/mol. The number of pyridine rings is 1. The van der Waals surface area contributed by atoms with Gasteiger partial charge in [-0.05, 0) is 51.8 Å². The van der Waals surface area contributed by atoms with Crippen molar-refractivity contribution >= 4 is 44.0 Å². The number of carbonyl (C=O) groups is 1. The van der Waals surface area contributed by atoms with Gasteiger partial charge in [0.15, 0.2) is 0 Å². The number of H-pyrrole nitrogens is 1. The lowest BCUT2D eigenvalue weighted by atomic mass is 9.98. The number of amides is 1. The molecule has 142 valence electrons. The summed E-state index contributed by atoms with van der Waals surface area (Å²) in [6.07, 6.45) is 3.49. The highest BCUT2D eigenvalue weighted by Crippen LogP contribution is 2.30. The van der Waals surface area contributed by atoms with Crippen LogP contribution < -0.4 is 0 Å². The predicted octanol–water partition coefficient (Wildman–Crippen LogP) is 4.99. The largest absolute Gasteiger partial charge is 0.444 e. The number of halogens is 1. The van der Waals surface area contributed by atoms with Crippen molar-refractivity contribution in [3.05, 3.63) is 34.7 Å². The Balaban J connectivity index is 1.62. The standard InChI is InChI=1S/C20H23BrN4O2/c1-20(2,3)27-19(26)25-8-4-5-12(11-25)18-23-16-10-22-15-9-13(21)6-7-14(15)17(16)24-18/h6-7,9-10,12H,4-5,8,11H2,1-3H3,(H,23,24). The number of hydrogen-bond acceptors (Lipinski definition) is 4. The van der Waals surface area contributed by atoms with Gasteiger partial charge in [0.2, 0.25) is 0 Å². The van der Waals surface area contributed by atoms with E-state index in [0.717, 1.165) is 51.6 Å². The number of ether oxygens (including phenoxy) is 1. The molecule has 0 bridgehead atoms. The number of carbonyl (C=O) groups excluding carboxylic acids is 1. The van der Waals surface area contributed by atoms with Gasteiger partial charge in [0.25, 0.3) is 0 Å². The van der Waals surface area contributed by atoms with Gasteiger partial charge in [0.05, 0.1) is 17.2 Å². The van der Waals surface area contributed by atoms with E-state index in [-0.39, 0.29) is 12.0 Å². The van der Waals surface area contributed by atoms with Gasteiger partial charge in [0.1, 0.15) is 16.9 Å². The van der Waals surface area contributed by atoms with Crippen molar-refractivity contribution in [1.29, 1.82) is 0 Å². The van der Waals surface area contributed by atoms with Gasteiger partial charge in [-0.1, -0.05) is 15.9 Å². The number of piperidine rings is 1. The lowest BCUT2D eigenvalue weighted by Gasteiger charge is -2.33. The van der Waals surface area contributed by atoms with Crippen LogP contribution in [0.15, 0.2) is 28.9 Å². The van der Waals surface area contributed by atoms with Gasteiger partial charge in [-0.3, -0.25) is 4.98 Å². The van der Waals surface area contributed by atoms with Gasteiger partial charge in [-0.25, -0.2) is 9.78 Å². The Bertz CT molecular complexity index is 1010. The Hall–Kier alpha value is -2.15. The molecule has 1 saturated heterocycles. The maximum absolute atomic E-state index is 12.4. The summed E-state index contributed by atoms with van der Waals surface area (Å²) >= 11 is 3.49. The Labute approximate surface area is 166 Å². The van der Waals surface area contributed by atoms with Crippen LogP contribution in [-0.2, 0) is 4.74 Å². The van der Waals surface area contributed by atoms with Crippen LogP contribution >= 0.6 is 15.9 Å². The zero-order chi connectivity index (χ0) is 19.2. The van der Waals surface area contributed by atoms with Crippen molar-refractivity contribution in [3.63, 3.8) is 0 Å². The van der Waals surface area contributed by atoms with Gasteiger partial charge >= 0.3 is 6.09 Å². The molecule has 1 unspecified atom stereocenters. The lowest BCUT2D eigenvalue weighted by molar-refractivity contribution is 0.0196. The van der Waals surface area contributed by atoms with Crippen molar-refractivity contribution in [2.45, 2.75) is 45.1 Å². The Morgan fingerprint density at radius 2 is 2.15 bits per heavy atom. The van der Waals surface area contributed by atoms with E-state index in [1.165, 1.54) is 0 Å². The second kappa shape index (κ2) is 6.78. The van der Waals surface area contributed by atoms with E-state index >= 15 is 0 Å². The van der Waals surface area contributed by atoms with E-state index in [4.69, 9.17) is 9.72 Å². The minimum atomic E-state index is -0.484. The van der Waals surface area contributed by atoms with E-state index in [2.05, 4.69) is 25.9 Å². The molecule has 1 atom stereocenters. The number of likely N-dealkylation sites (tertiary alicyclic amines) is 1. The highest BCUT2D eigenvalue weighted by atomic mass is 79.9. The average Bonchev–Trinajstić information content (AvgIpc) is 3.04. The summed E-state index contributed by atoms with van der Waals surface area (Å²) in [6, 6.07) is 6.06. The maximum atomic E-state index is 12.4. The van der Waals surface area contributed by atoms with Crippen LogP contribution in [0.2, 0.25) is 0 Å². The van der Waals surface area contributed by atoms with Crippen molar-refractivity contribution in [3.8, 4) is 0 Å². The molecular formula is C20H23BrN4O2. The van der Waals surface area contributed by atoms with E-state index in [0.29, 0.717) is 6.54 Å². The van der Waals surface area contributed by atoms with E-state index in [1.54, 1.807) is 11.1 Å². The molecule has 1 aliphatic rings. The summed E-state index contributed by atoms with van der Waals surface area (Å²) in [5.41, 5.74) is 2.29. The molecule has 1 aliphatic heterocycles. The summed E-state index contributed by atoms with van der Waals surface area (Å²) in [5.74, 6) is 1.08. The first-order valence-corrected chi connectivity index (χ1v) is 10.0. The quantitative estimate of drug-likeness (QED) is 0.590. The van der Waals surface area contributed by atoms with Gasteiger partial charge in [-0.2, -0.15) is 0 Å². The smallest absolute Gasteiger partial charge is 0.410 e. The van der Waals surface area contributed by atoms with Crippen molar-refractivity contribution < 1.29 is 9.53 Å². The van der Waals surface area contributed by atoms with E-state index < -0.39 is 5.60 Å². The molecule has 1 aromatic carbocycles. The zero-order valence-corrected chi connectivity index (χ0v) is 17.3. The van der Waals surface area contributed by atoms with Crippen LogP contribution in [0.3, 0.4) is 0 Å². The average molecular weight is 431 g/mol. The molecule has 3 heterocycles. The summed E-state index contributed by atoms with van der Waals surface area (Å²) in [7, 11) is 0. The molecule has 1 amide bonds. The molecule has 0 aliphatic carbocycles. The molecule has 1 fully saturated rings. The molecule has 27 heavy (non-hydrogen) atoms. The number of imidazole rings is 1. The van der Waals surface area contributed by atoms with Crippen LogP contribution in [0.25, 0.3) is 21.9 Å². The van der Waals surface area contributed by atoms with Gasteiger partial charge in [-0.15, -0.1) is 0 Å². The SMILES string of the molecule is CC(C)(C)OC(=O)N1CCCC(c2nc3cnc4cc(Br)ccc4c3[nH]2)C1. The number of aromatic amines is 1. The number of nitrogens with one attached hydrogen (secondary N) is 1. The first kappa shape index (κ1) is 18.2. The summed E-state index contributed by atoms with van der Waals surface area (Å²) in [6.45, 7) is 7.02. The van der Waals surface area contributed by atoms with Crippen LogP contribution in [-0.4, -0.2) is 44.6 Å². The van der Waals surface area contributed by atoms with Crippen molar-refractivity contribution in [1.82, 2.24) is 19.9 Å². The lowest BCUT2D eigenvalue weighted by Crippen LogP contribution is -2.42. The molecule has 4 rings (SSSR count). The summed E-state index contributed by atoms with van der Waals surface area (Å²) < 4.78 is 6.53. The molecule has 0 spiro atoms. The normalized spacial score (nSPS) is 18.2. The van der Waals surface area contributed by atoms with Crippen molar-refractivity contribution in [2.75, 3.05) is 13.1 Å². The van der Waals surface area contributed by atoms with Gasteiger partial charge < -0.3 is 14.6 Å². The highest BCUT2D eigenvalue weighted by Gasteiger charge is 2.29. The third-order valence-corrected chi connectivity index (χ3v) is 5.26. The number of hydrogen-bond donors (Lipinski definition) is 1. The Morgan fingerprint density at radius 3 is 2.93 bits per heavy atom. The highest BCUT2D eigenvalue weighted by molar-refractivity contribution is 9.10. The Morgan fingerprint density at radius 1 is 1.33 bits per heavy atom. The van der Waals surface area contributed by atoms with E-state index in [9.17, 15) is 4.79 Å². The fraction of sp³-hybridized carbons (Fsp3) is 0.450. The topological polar surface area (TPSA) is 71.1 Å². The first-order chi connectivity index (χ1) is 12.8. The minimum Gasteiger partial charge on any atom is -0.444 e. The van der Waals surface area contributed by atoms with Crippen LogP contribution in [0.1, 0.15) is 45.4 Å². The number of rotatable bonds is 1. The van der Waals surface area contributed by atoms with Crippen LogP contribution in [0.4, 0.5) is 4.79 Å². The number of fused-ring (bicyclic) bond motifs is 3. The number of aromatic nitrogens is 3. The molecule has 3 aromatic rings. The Kier molecular flexibility index (Phi) is 4.58. The second-order valence-corrected chi connectivity index (χ2v) is 8.98. The van der Waals surface area contributed by atoms with Crippen molar-refractivity contribution in [2.24, 2.45) is 0 Å². The minimum absolute atomic E-state index is 0.171. The van der Waals surface area contributed by atoms with Crippen LogP contribution in [0.5, 0.6) is 0 Å². The van der Waals surface area contributed by atoms with Crippen LogP contribution in [0, 0.1) is 0 Å². The molecule has 7 heteroatoms. The molecule has 6 nitrogen and oxygen atoms in total. The molecule has 0 radical (unpaired) electrons. The maximum Gasteiger partial charge on any atom is 0.410 e. The fourth-order valence-corrected chi connectivity index (χ4v) is 3.89. The first-order valence-electron chi connectivity index (χ1n) is 9.22. The number of nitrogens with zero attached hydrogens (tertiary/aromatic N) is 3.